The molecule has 0 heterocycles. The molecule has 0 saturated heterocycles. The van der Waals surface area contributed by atoms with E-state index < -0.39 is 11.0 Å². The fourth-order valence-corrected chi connectivity index (χ4v) is 1.63. The zero-order chi connectivity index (χ0) is 11.9. The minimum absolute atomic E-state index is 0.0391. The lowest BCUT2D eigenvalue weighted by atomic mass is 10.2. The van der Waals surface area contributed by atoms with Crippen LogP contribution in [0.4, 0.5) is 13.2 Å². The third-order valence-corrected chi connectivity index (χ3v) is 2.83. The highest BCUT2D eigenvalue weighted by atomic mass is 79.9. The molecule has 0 spiro atoms. The van der Waals surface area contributed by atoms with Crippen molar-refractivity contribution in [1.29, 1.82) is 0 Å². The van der Waals surface area contributed by atoms with E-state index >= 15 is 0 Å². The van der Waals surface area contributed by atoms with Gasteiger partial charge in [-0.25, -0.2) is 0 Å². The van der Waals surface area contributed by atoms with Gasteiger partial charge in [0, 0.05) is 13.2 Å². The number of nitrogens with zero attached hydrogens (tertiary/aromatic N) is 1. The molecule has 0 aliphatic heterocycles. The molecule has 92 valence electrons. The predicted molar refractivity (Wildman–Crippen MR) is 57.2 cm³/mol. The zero-order valence-corrected chi connectivity index (χ0v) is 10.3. The molecule has 1 atom stereocenters. The largest absolute Gasteiger partial charge is 0.402 e. The Morgan fingerprint density at radius 3 is 2.33 bits per heavy atom. The van der Waals surface area contributed by atoms with Gasteiger partial charge in [-0.3, -0.25) is 0 Å². The normalized spacial score (nSPS) is 14.6. The second-order valence-corrected chi connectivity index (χ2v) is 4.66. The maximum absolute atomic E-state index is 12.1. The quantitative estimate of drug-likeness (QED) is 0.575. The Labute approximate surface area is 96.6 Å². The molecule has 15 heavy (non-hydrogen) atoms. The Kier molecular flexibility index (Phi) is 7.56. The van der Waals surface area contributed by atoms with Crippen LogP contribution in [0.15, 0.2) is 0 Å². The number of aliphatic hydroxyl groups excluding tert-OH is 1. The molecule has 0 radical (unpaired) electrons. The van der Waals surface area contributed by atoms with Gasteiger partial charge in [-0.15, -0.1) is 0 Å². The van der Waals surface area contributed by atoms with Crippen molar-refractivity contribution in [3.63, 3.8) is 0 Å². The van der Waals surface area contributed by atoms with Crippen molar-refractivity contribution >= 4 is 15.9 Å². The molecule has 0 rings (SSSR count). The van der Waals surface area contributed by atoms with E-state index in [1.165, 1.54) is 0 Å². The van der Waals surface area contributed by atoms with Crippen molar-refractivity contribution < 1.29 is 18.3 Å². The van der Waals surface area contributed by atoms with Gasteiger partial charge in [0.2, 0.25) is 0 Å². The van der Waals surface area contributed by atoms with Gasteiger partial charge in [-0.1, -0.05) is 15.9 Å². The van der Waals surface area contributed by atoms with Gasteiger partial charge in [0.25, 0.3) is 0 Å². The van der Waals surface area contributed by atoms with Crippen molar-refractivity contribution in [2.75, 3.05) is 26.7 Å². The summed E-state index contributed by atoms with van der Waals surface area (Å²) in [5, 5.41) is 8.51. The first-order chi connectivity index (χ1) is 6.88. The van der Waals surface area contributed by atoms with Crippen LogP contribution in [-0.4, -0.2) is 47.8 Å². The van der Waals surface area contributed by atoms with Crippen LogP contribution in [0, 0.1) is 0 Å². The number of aliphatic hydroxyl groups is 1. The summed E-state index contributed by atoms with van der Waals surface area (Å²) < 4.78 is 36.4. The fraction of sp³-hybridized carbons (Fsp3) is 1.00. The Bertz CT molecular complexity index is 166. The number of halogens is 4. The summed E-state index contributed by atoms with van der Waals surface area (Å²) >= 11 is 2.61. The Morgan fingerprint density at radius 1 is 1.27 bits per heavy atom. The van der Waals surface area contributed by atoms with Crippen molar-refractivity contribution in [1.82, 2.24) is 4.90 Å². The van der Waals surface area contributed by atoms with E-state index in [4.69, 9.17) is 5.11 Å². The Hall–Kier alpha value is 0.190. The van der Waals surface area contributed by atoms with Gasteiger partial charge in [0.1, 0.15) is 4.83 Å². The van der Waals surface area contributed by atoms with Crippen LogP contribution in [0.2, 0.25) is 0 Å². The molecule has 0 saturated carbocycles. The minimum atomic E-state index is -4.18. The number of alkyl halides is 4. The summed E-state index contributed by atoms with van der Waals surface area (Å²) in [5.74, 6) is 0. The van der Waals surface area contributed by atoms with E-state index in [1.807, 2.05) is 0 Å². The lowest BCUT2D eigenvalue weighted by molar-refractivity contribution is -0.129. The second-order valence-electron chi connectivity index (χ2n) is 3.56. The SMILES string of the molecule is CN(CCCCCO)CC(Br)C(F)(F)F. The standard InChI is InChI=1S/C9H17BrF3NO/c1-14(5-3-2-4-6-15)7-8(10)9(11,12)13/h8,15H,2-7H2,1H3. The van der Waals surface area contributed by atoms with Crippen molar-refractivity contribution in [3.8, 4) is 0 Å². The Morgan fingerprint density at radius 2 is 1.87 bits per heavy atom. The average molecular weight is 292 g/mol. The molecular formula is C9H17BrF3NO. The van der Waals surface area contributed by atoms with E-state index in [1.54, 1.807) is 11.9 Å². The maximum Gasteiger partial charge on any atom is 0.402 e. The number of rotatable bonds is 7. The van der Waals surface area contributed by atoms with E-state index in [2.05, 4.69) is 15.9 Å². The Balaban J connectivity index is 3.60. The van der Waals surface area contributed by atoms with Crippen LogP contribution in [-0.2, 0) is 0 Å². The molecule has 0 aromatic carbocycles. The molecule has 1 N–H and O–H groups in total. The number of unbranched alkanes of at least 4 members (excludes halogenated alkanes) is 2. The first kappa shape index (κ1) is 15.2. The van der Waals surface area contributed by atoms with Crippen LogP contribution in [0.5, 0.6) is 0 Å². The highest BCUT2D eigenvalue weighted by molar-refractivity contribution is 9.09. The molecule has 6 heteroatoms. The molecule has 1 unspecified atom stereocenters. The monoisotopic (exact) mass is 291 g/mol. The molecular weight excluding hydrogens is 275 g/mol. The molecule has 2 nitrogen and oxygen atoms in total. The summed E-state index contributed by atoms with van der Waals surface area (Å²) in [6, 6.07) is 0. The number of hydrogen-bond donors (Lipinski definition) is 1. The molecule has 0 aliphatic carbocycles. The third-order valence-electron chi connectivity index (χ3n) is 2.03. The van der Waals surface area contributed by atoms with Gasteiger partial charge in [0.15, 0.2) is 0 Å². The van der Waals surface area contributed by atoms with E-state index in [0.717, 1.165) is 12.8 Å². The topological polar surface area (TPSA) is 23.5 Å². The van der Waals surface area contributed by atoms with Crippen molar-refractivity contribution in [2.45, 2.75) is 30.3 Å². The van der Waals surface area contributed by atoms with E-state index in [9.17, 15) is 13.2 Å². The first-order valence-electron chi connectivity index (χ1n) is 4.88. The lowest BCUT2D eigenvalue weighted by Gasteiger charge is -2.21. The zero-order valence-electron chi connectivity index (χ0n) is 8.73. The first-order valence-corrected chi connectivity index (χ1v) is 5.79. The summed E-state index contributed by atoms with van der Waals surface area (Å²) in [5.41, 5.74) is 0. The maximum atomic E-state index is 12.1. The van der Waals surface area contributed by atoms with E-state index in [0.29, 0.717) is 13.0 Å². The molecule has 0 bridgehead atoms. The average Bonchev–Trinajstić information content (AvgIpc) is 2.11. The van der Waals surface area contributed by atoms with Gasteiger partial charge < -0.3 is 10.0 Å². The van der Waals surface area contributed by atoms with Crippen LogP contribution in [0.1, 0.15) is 19.3 Å². The van der Waals surface area contributed by atoms with Crippen LogP contribution in [0.3, 0.4) is 0 Å². The lowest BCUT2D eigenvalue weighted by Crippen LogP contribution is -2.35. The van der Waals surface area contributed by atoms with Gasteiger partial charge in [-0.2, -0.15) is 13.2 Å². The smallest absolute Gasteiger partial charge is 0.396 e. The van der Waals surface area contributed by atoms with Gasteiger partial charge in [0.05, 0.1) is 0 Å². The minimum Gasteiger partial charge on any atom is -0.396 e. The highest BCUT2D eigenvalue weighted by Crippen LogP contribution is 2.26. The molecule has 0 aromatic heterocycles. The second kappa shape index (κ2) is 7.46. The third kappa shape index (κ3) is 8.04. The molecule has 0 aromatic rings. The van der Waals surface area contributed by atoms with Crippen molar-refractivity contribution in [3.05, 3.63) is 0 Å². The van der Waals surface area contributed by atoms with Gasteiger partial charge in [-0.05, 0) is 32.9 Å². The summed E-state index contributed by atoms with van der Waals surface area (Å²) in [6.07, 6.45) is -1.81. The fourth-order valence-electron chi connectivity index (χ4n) is 1.14. The predicted octanol–water partition coefficient (Wildman–Crippen LogP) is 2.41. The molecule has 0 fully saturated rings. The van der Waals surface area contributed by atoms with Crippen LogP contribution < -0.4 is 0 Å². The molecule has 0 aliphatic rings. The summed E-state index contributed by atoms with van der Waals surface area (Å²) in [4.78, 5) is 0.178. The van der Waals surface area contributed by atoms with Gasteiger partial charge >= 0.3 is 6.18 Å². The van der Waals surface area contributed by atoms with Crippen molar-refractivity contribution in [2.24, 2.45) is 0 Å². The summed E-state index contributed by atoms with van der Waals surface area (Å²) in [7, 11) is 1.67. The number of hydrogen-bond acceptors (Lipinski definition) is 2. The van der Waals surface area contributed by atoms with Crippen LogP contribution in [0.25, 0.3) is 0 Å². The summed E-state index contributed by atoms with van der Waals surface area (Å²) in [6.45, 7) is 0.730. The van der Waals surface area contributed by atoms with E-state index in [-0.39, 0.29) is 13.2 Å². The highest BCUT2D eigenvalue weighted by Gasteiger charge is 2.37. The van der Waals surface area contributed by atoms with Crippen LogP contribution >= 0.6 is 15.9 Å². The molecule has 0 amide bonds.